The lowest BCUT2D eigenvalue weighted by Crippen LogP contribution is -2.11. The van der Waals surface area contributed by atoms with Crippen molar-refractivity contribution in [1.82, 2.24) is 14.5 Å². The Kier molecular flexibility index (Phi) is 9.81. The van der Waals surface area contributed by atoms with Crippen molar-refractivity contribution in [3.63, 3.8) is 0 Å². The minimum Gasteiger partial charge on any atom is -0.310 e. The van der Waals surface area contributed by atoms with Crippen LogP contribution in [0.25, 0.3) is 94.4 Å². The van der Waals surface area contributed by atoms with E-state index in [9.17, 15) is 0 Å². The fraction of sp³-hybridized carbons (Fsp3) is 0. The van der Waals surface area contributed by atoms with Crippen LogP contribution in [0.4, 0.5) is 17.1 Å². The summed E-state index contributed by atoms with van der Waals surface area (Å²) < 4.78 is 2.40. The average Bonchev–Trinajstić information content (AvgIpc) is 3.73. The van der Waals surface area contributed by atoms with E-state index in [-0.39, 0.29) is 0 Å². The van der Waals surface area contributed by atoms with Crippen LogP contribution in [-0.2, 0) is 0 Å². The number of hydrogen-bond acceptors (Lipinski definition) is 3. The summed E-state index contributed by atoms with van der Waals surface area (Å²) in [5.41, 5.74) is 17.5. The average molecular weight is 843 g/mol. The van der Waals surface area contributed by atoms with Crippen LogP contribution >= 0.6 is 0 Å². The molecule has 0 radical (unpaired) electrons. The van der Waals surface area contributed by atoms with Crippen molar-refractivity contribution in [2.45, 2.75) is 0 Å². The van der Waals surface area contributed by atoms with Crippen LogP contribution in [0.15, 0.2) is 255 Å². The summed E-state index contributed by atoms with van der Waals surface area (Å²) in [4.78, 5) is 12.6. The zero-order valence-electron chi connectivity index (χ0n) is 36.0. The molecule has 0 N–H and O–H groups in total. The highest BCUT2D eigenvalue weighted by atomic mass is 15.1. The summed E-state index contributed by atoms with van der Waals surface area (Å²) in [6.07, 6.45) is 0. The van der Waals surface area contributed by atoms with Gasteiger partial charge in [0.2, 0.25) is 0 Å². The summed E-state index contributed by atoms with van der Waals surface area (Å²) in [5.74, 6) is 0.708. The van der Waals surface area contributed by atoms with Gasteiger partial charge in [0.25, 0.3) is 0 Å². The molecule has 2 aromatic heterocycles. The highest BCUT2D eigenvalue weighted by molar-refractivity contribution is 6.10. The Morgan fingerprint density at radius 2 is 0.894 bits per heavy atom. The Bertz CT molecular complexity index is 3690. The van der Waals surface area contributed by atoms with Crippen molar-refractivity contribution >= 4 is 49.8 Å². The number of benzene rings is 10. The topological polar surface area (TPSA) is 34.0 Å². The second-order valence-corrected chi connectivity index (χ2v) is 16.6. The van der Waals surface area contributed by atoms with Crippen molar-refractivity contribution in [3.8, 4) is 61.7 Å². The van der Waals surface area contributed by atoms with E-state index in [0.29, 0.717) is 5.82 Å². The van der Waals surface area contributed by atoms with E-state index in [1.54, 1.807) is 0 Å². The number of para-hydroxylation sites is 3. The maximum atomic E-state index is 5.18. The van der Waals surface area contributed by atoms with Crippen molar-refractivity contribution in [2.24, 2.45) is 0 Å². The smallest absolute Gasteiger partial charge is 0.160 e. The predicted molar refractivity (Wildman–Crippen MR) is 276 cm³/mol. The molecule has 0 atom stereocenters. The predicted octanol–water partition coefficient (Wildman–Crippen LogP) is 16.5. The Morgan fingerprint density at radius 3 is 1.70 bits per heavy atom. The molecule has 0 amide bonds. The summed E-state index contributed by atoms with van der Waals surface area (Å²) in [6.45, 7) is 0. The fourth-order valence-corrected chi connectivity index (χ4v) is 9.45. The van der Waals surface area contributed by atoms with Crippen LogP contribution in [0, 0.1) is 0 Å². The van der Waals surface area contributed by atoms with Gasteiger partial charge in [-0.15, -0.1) is 0 Å². The summed E-state index contributed by atoms with van der Waals surface area (Å²) in [5, 5.41) is 3.43. The molecule has 4 nitrogen and oxygen atoms in total. The van der Waals surface area contributed by atoms with Gasteiger partial charge in [0.05, 0.1) is 27.9 Å². The molecule has 0 bridgehead atoms. The quantitative estimate of drug-likeness (QED) is 0.145. The molecule has 66 heavy (non-hydrogen) atoms. The van der Waals surface area contributed by atoms with Gasteiger partial charge in [0.15, 0.2) is 5.82 Å². The van der Waals surface area contributed by atoms with Gasteiger partial charge in [-0.3, -0.25) is 0 Å². The van der Waals surface area contributed by atoms with Crippen LogP contribution < -0.4 is 4.90 Å². The van der Waals surface area contributed by atoms with Crippen LogP contribution in [-0.4, -0.2) is 14.5 Å². The number of fused-ring (bicyclic) bond motifs is 4. The van der Waals surface area contributed by atoms with E-state index in [2.05, 4.69) is 252 Å². The molecule has 0 fully saturated rings. The molecule has 10 aromatic carbocycles. The van der Waals surface area contributed by atoms with Gasteiger partial charge in [-0.2, -0.15) is 0 Å². The highest BCUT2D eigenvalue weighted by Gasteiger charge is 2.20. The number of hydrogen-bond donors (Lipinski definition) is 0. The van der Waals surface area contributed by atoms with E-state index in [1.807, 2.05) is 12.1 Å². The van der Waals surface area contributed by atoms with Crippen molar-refractivity contribution in [3.05, 3.63) is 255 Å². The first-order chi connectivity index (χ1) is 32.7. The zero-order chi connectivity index (χ0) is 43.8. The van der Waals surface area contributed by atoms with Crippen molar-refractivity contribution < 1.29 is 0 Å². The third-order valence-corrected chi connectivity index (χ3v) is 12.6. The molecule has 0 aliphatic rings. The first-order valence-corrected chi connectivity index (χ1v) is 22.4. The third-order valence-electron chi connectivity index (χ3n) is 12.6. The Balaban J connectivity index is 0.968. The molecule has 4 heteroatoms. The van der Waals surface area contributed by atoms with Gasteiger partial charge in [-0.25, -0.2) is 9.97 Å². The molecule has 2 heterocycles. The minimum absolute atomic E-state index is 0.708. The lowest BCUT2D eigenvalue weighted by molar-refractivity contribution is 1.17. The van der Waals surface area contributed by atoms with Gasteiger partial charge >= 0.3 is 0 Å². The molecule has 0 saturated carbocycles. The third kappa shape index (κ3) is 7.08. The maximum Gasteiger partial charge on any atom is 0.160 e. The van der Waals surface area contributed by atoms with E-state index < -0.39 is 0 Å². The number of rotatable bonds is 9. The van der Waals surface area contributed by atoms with Crippen molar-refractivity contribution in [2.75, 3.05) is 4.90 Å². The SMILES string of the molecule is c1ccc(-c2ccc(N(c3cccc(-n4c5ccccc5c5cc(-c6cccc(-c7nc(-c8ccccc8)c8ccccc8n7)c6)ccc54)c3)c3ccccc3-c3ccccc3)cc2)cc1. The Labute approximate surface area is 384 Å². The van der Waals surface area contributed by atoms with Gasteiger partial charge in [-0.1, -0.05) is 188 Å². The van der Waals surface area contributed by atoms with E-state index >= 15 is 0 Å². The lowest BCUT2D eigenvalue weighted by atomic mass is 10.00. The fourth-order valence-electron chi connectivity index (χ4n) is 9.45. The molecule has 0 spiro atoms. The molecular weight excluding hydrogens is 801 g/mol. The molecule has 0 aliphatic carbocycles. The summed E-state index contributed by atoms with van der Waals surface area (Å²) in [7, 11) is 0. The maximum absolute atomic E-state index is 5.18. The Morgan fingerprint density at radius 1 is 0.318 bits per heavy atom. The lowest BCUT2D eigenvalue weighted by Gasteiger charge is -2.28. The number of aromatic nitrogens is 3. The normalized spacial score (nSPS) is 11.3. The molecular formula is C62H42N4. The molecule has 310 valence electrons. The van der Waals surface area contributed by atoms with Crippen LogP contribution in [0.2, 0.25) is 0 Å². The second-order valence-electron chi connectivity index (χ2n) is 16.6. The van der Waals surface area contributed by atoms with Gasteiger partial charge in [0.1, 0.15) is 0 Å². The highest BCUT2D eigenvalue weighted by Crippen LogP contribution is 2.43. The van der Waals surface area contributed by atoms with Crippen LogP contribution in [0.3, 0.4) is 0 Å². The van der Waals surface area contributed by atoms with E-state index in [1.165, 1.54) is 27.5 Å². The first-order valence-electron chi connectivity index (χ1n) is 22.4. The van der Waals surface area contributed by atoms with Gasteiger partial charge in [0, 0.05) is 49.9 Å². The first kappa shape index (κ1) is 38.8. The largest absolute Gasteiger partial charge is 0.310 e. The van der Waals surface area contributed by atoms with Crippen molar-refractivity contribution in [1.29, 1.82) is 0 Å². The molecule has 0 aliphatic heterocycles. The molecule has 12 rings (SSSR count). The molecule has 12 aromatic rings. The molecule has 0 unspecified atom stereocenters. The summed E-state index contributed by atoms with van der Waals surface area (Å²) >= 11 is 0. The zero-order valence-corrected chi connectivity index (χ0v) is 36.0. The minimum atomic E-state index is 0.708. The van der Waals surface area contributed by atoms with E-state index in [4.69, 9.17) is 9.97 Å². The standard InChI is InChI=1S/C62H42N4/c1-4-18-43(19-5-1)44-34-37-50(38-35-44)65(58-32-14-11-28-53(58)45-20-6-2-7-21-45)51-26-17-27-52(42-51)66-59-33-15-12-29-54(59)56-41-48(36-39-60(56)66)47-24-16-25-49(40-47)62-63-57-31-13-10-30-55(57)61(64-62)46-22-8-3-9-23-46/h1-42H. The Hall–Kier alpha value is -8.86. The van der Waals surface area contributed by atoms with Gasteiger partial charge < -0.3 is 9.47 Å². The number of anilines is 3. The monoisotopic (exact) mass is 842 g/mol. The van der Waals surface area contributed by atoms with Gasteiger partial charge in [-0.05, 0) is 94.5 Å². The second kappa shape index (κ2) is 16.7. The summed E-state index contributed by atoms with van der Waals surface area (Å²) in [6, 6.07) is 90.7. The van der Waals surface area contributed by atoms with Crippen LogP contribution in [0.5, 0.6) is 0 Å². The number of nitrogens with zero attached hydrogens (tertiary/aromatic N) is 4. The van der Waals surface area contributed by atoms with Crippen LogP contribution in [0.1, 0.15) is 0 Å². The molecule has 0 saturated heterocycles. The van der Waals surface area contributed by atoms with E-state index in [0.717, 1.165) is 78.2 Å².